The number of hydrogen-bond donors (Lipinski definition) is 2. The van der Waals surface area contributed by atoms with E-state index in [1.54, 1.807) is 0 Å². The fourth-order valence-electron chi connectivity index (χ4n) is 2.73. The zero-order valence-corrected chi connectivity index (χ0v) is 16.5. The van der Waals surface area contributed by atoms with E-state index >= 15 is 0 Å². The van der Waals surface area contributed by atoms with Crippen LogP contribution in [-0.2, 0) is 11.3 Å². The van der Waals surface area contributed by atoms with E-state index in [2.05, 4.69) is 70.4 Å². The zero-order valence-electron chi connectivity index (χ0n) is 14.9. The average molecular weight is 397 g/mol. The smallest absolute Gasteiger partial charge is 0.191 e. The number of hydrogen-bond acceptors (Lipinski definition) is 3. The molecule has 1 aromatic carbocycles. The molecule has 0 radical (unpaired) electrons. The third-order valence-electron chi connectivity index (χ3n) is 4.29. The predicted molar refractivity (Wildman–Crippen MR) is 104 cm³/mol. The van der Waals surface area contributed by atoms with Crippen molar-refractivity contribution in [3.8, 4) is 0 Å². The number of guanidine groups is 1. The van der Waals surface area contributed by atoms with Crippen molar-refractivity contribution in [2.75, 3.05) is 39.4 Å². The van der Waals surface area contributed by atoms with Crippen molar-refractivity contribution in [1.82, 2.24) is 15.5 Å². The van der Waals surface area contributed by atoms with Gasteiger partial charge in [0.05, 0.1) is 19.8 Å². The summed E-state index contributed by atoms with van der Waals surface area (Å²) >= 11 is 3.51. The molecule has 1 atom stereocenters. The molecule has 5 nitrogen and oxygen atoms in total. The lowest BCUT2D eigenvalue weighted by atomic mass is 10.1. The molecule has 24 heavy (non-hydrogen) atoms. The molecule has 1 heterocycles. The lowest BCUT2D eigenvalue weighted by Gasteiger charge is -2.32. The van der Waals surface area contributed by atoms with E-state index in [9.17, 15) is 0 Å². The van der Waals surface area contributed by atoms with Crippen molar-refractivity contribution in [3.63, 3.8) is 0 Å². The third-order valence-corrected chi connectivity index (χ3v) is 4.78. The molecular formula is C18H29BrN4O. The Kier molecular flexibility index (Phi) is 8.02. The number of benzene rings is 1. The summed E-state index contributed by atoms with van der Waals surface area (Å²) in [4.78, 5) is 7.18. The van der Waals surface area contributed by atoms with Crippen molar-refractivity contribution in [2.24, 2.45) is 4.99 Å². The van der Waals surface area contributed by atoms with Crippen molar-refractivity contribution in [1.29, 1.82) is 0 Å². The van der Waals surface area contributed by atoms with Crippen LogP contribution in [0, 0.1) is 6.92 Å². The number of morpholine rings is 1. The number of rotatable bonds is 6. The molecule has 0 aliphatic carbocycles. The van der Waals surface area contributed by atoms with Gasteiger partial charge in [-0.25, -0.2) is 4.99 Å². The second-order valence-corrected chi connectivity index (χ2v) is 7.06. The van der Waals surface area contributed by atoms with Crippen LogP contribution in [0.3, 0.4) is 0 Å². The van der Waals surface area contributed by atoms with Crippen LogP contribution in [0.4, 0.5) is 0 Å². The molecule has 1 aliphatic rings. The fourth-order valence-corrected chi connectivity index (χ4v) is 3.21. The Hall–Kier alpha value is -1.11. The van der Waals surface area contributed by atoms with Gasteiger partial charge in [0, 0.05) is 36.7 Å². The number of halogens is 1. The quantitative estimate of drug-likeness (QED) is 0.572. The van der Waals surface area contributed by atoms with Gasteiger partial charge in [-0.2, -0.15) is 0 Å². The van der Waals surface area contributed by atoms with Gasteiger partial charge < -0.3 is 15.4 Å². The molecule has 1 fully saturated rings. The van der Waals surface area contributed by atoms with Gasteiger partial charge >= 0.3 is 0 Å². The summed E-state index contributed by atoms with van der Waals surface area (Å²) in [6.45, 7) is 12.6. The van der Waals surface area contributed by atoms with Crippen LogP contribution in [0.2, 0.25) is 0 Å². The van der Waals surface area contributed by atoms with Crippen LogP contribution >= 0.6 is 15.9 Å². The van der Waals surface area contributed by atoms with Crippen molar-refractivity contribution in [2.45, 2.75) is 33.4 Å². The Labute approximate surface area is 154 Å². The number of nitrogens with one attached hydrogen (secondary N) is 2. The van der Waals surface area contributed by atoms with Crippen LogP contribution in [0.15, 0.2) is 27.7 Å². The first-order valence-electron chi connectivity index (χ1n) is 8.69. The van der Waals surface area contributed by atoms with E-state index in [0.717, 1.165) is 49.8 Å². The summed E-state index contributed by atoms with van der Waals surface area (Å²) < 4.78 is 6.53. The van der Waals surface area contributed by atoms with E-state index < -0.39 is 0 Å². The third kappa shape index (κ3) is 6.07. The summed E-state index contributed by atoms with van der Waals surface area (Å²) in [7, 11) is 0. The molecule has 1 unspecified atom stereocenters. The maximum absolute atomic E-state index is 5.42. The van der Waals surface area contributed by atoms with Crippen molar-refractivity contribution >= 4 is 21.9 Å². The molecular weight excluding hydrogens is 368 g/mol. The monoisotopic (exact) mass is 396 g/mol. The second kappa shape index (κ2) is 10.0. The van der Waals surface area contributed by atoms with E-state index in [0.29, 0.717) is 12.6 Å². The van der Waals surface area contributed by atoms with Gasteiger partial charge in [-0.1, -0.05) is 22.0 Å². The number of aliphatic imine (C=N–C) groups is 1. The topological polar surface area (TPSA) is 48.9 Å². The lowest BCUT2D eigenvalue weighted by molar-refractivity contribution is 0.0211. The minimum absolute atomic E-state index is 0.465. The summed E-state index contributed by atoms with van der Waals surface area (Å²) in [5, 5.41) is 6.79. The van der Waals surface area contributed by atoms with Gasteiger partial charge in [-0.3, -0.25) is 4.90 Å². The Morgan fingerprint density at radius 3 is 2.75 bits per heavy atom. The Bertz CT molecular complexity index is 544. The van der Waals surface area contributed by atoms with Crippen LogP contribution in [-0.4, -0.2) is 56.3 Å². The molecule has 0 amide bonds. The molecule has 1 aliphatic heterocycles. The van der Waals surface area contributed by atoms with E-state index in [4.69, 9.17) is 9.73 Å². The van der Waals surface area contributed by atoms with E-state index in [1.807, 2.05) is 0 Å². The lowest BCUT2D eigenvalue weighted by Crippen LogP contribution is -2.49. The van der Waals surface area contributed by atoms with Crippen LogP contribution < -0.4 is 10.6 Å². The first-order valence-corrected chi connectivity index (χ1v) is 9.48. The second-order valence-electron chi connectivity index (χ2n) is 6.14. The summed E-state index contributed by atoms with van der Waals surface area (Å²) in [6.07, 6.45) is 0. The van der Waals surface area contributed by atoms with Crippen LogP contribution in [0.1, 0.15) is 25.0 Å². The highest BCUT2D eigenvalue weighted by Crippen LogP contribution is 2.16. The van der Waals surface area contributed by atoms with Gasteiger partial charge in [0.2, 0.25) is 0 Å². The molecule has 1 saturated heterocycles. The molecule has 6 heteroatoms. The molecule has 1 aromatic rings. The Morgan fingerprint density at radius 1 is 1.33 bits per heavy atom. The van der Waals surface area contributed by atoms with Crippen molar-refractivity contribution < 1.29 is 4.74 Å². The van der Waals surface area contributed by atoms with Gasteiger partial charge in [0.15, 0.2) is 5.96 Å². The minimum atomic E-state index is 0.465. The highest BCUT2D eigenvalue weighted by atomic mass is 79.9. The molecule has 2 N–H and O–H groups in total. The van der Waals surface area contributed by atoms with Crippen LogP contribution in [0.25, 0.3) is 0 Å². The van der Waals surface area contributed by atoms with E-state index in [1.165, 1.54) is 11.1 Å². The van der Waals surface area contributed by atoms with Gasteiger partial charge in [0.25, 0.3) is 0 Å². The number of ether oxygens (including phenoxy) is 1. The summed E-state index contributed by atoms with van der Waals surface area (Å²) in [6, 6.07) is 6.79. The Morgan fingerprint density at radius 2 is 2.08 bits per heavy atom. The standard InChI is InChI=1S/C18H29BrN4O/c1-4-20-18(21-12-15(3)23-7-9-24-10-8-23)22-13-16-5-6-17(19)11-14(16)2/h5-6,11,15H,4,7-10,12-13H2,1-3H3,(H2,20,21,22). The molecule has 134 valence electrons. The predicted octanol–water partition coefficient (Wildman–Crippen LogP) is 2.53. The largest absolute Gasteiger partial charge is 0.379 e. The van der Waals surface area contributed by atoms with Crippen molar-refractivity contribution in [3.05, 3.63) is 33.8 Å². The SMILES string of the molecule is CCNC(=NCc1ccc(Br)cc1C)NCC(C)N1CCOCC1. The summed E-state index contributed by atoms with van der Waals surface area (Å²) in [5.41, 5.74) is 2.50. The maximum Gasteiger partial charge on any atom is 0.191 e. The number of nitrogens with zero attached hydrogens (tertiary/aromatic N) is 2. The van der Waals surface area contributed by atoms with Gasteiger partial charge in [-0.05, 0) is 44.0 Å². The highest BCUT2D eigenvalue weighted by Gasteiger charge is 2.16. The molecule has 2 rings (SSSR count). The van der Waals surface area contributed by atoms with E-state index in [-0.39, 0.29) is 0 Å². The normalized spacial score (nSPS) is 17.6. The first-order chi connectivity index (χ1) is 11.6. The molecule has 0 spiro atoms. The van der Waals surface area contributed by atoms with Gasteiger partial charge in [-0.15, -0.1) is 0 Å². The minimum Gasteiger partial charge on any atom is -0.379 e. The summed E-state index contributed by atoms with van der Waals surface area (Å²) in [5.74, 6) is 0.875. The Balaban J connectivity index is 1.90. The number of aryl methyl sites for hydroxylation is 1. The average Bonchev–Trinajstić information content (AvgIpc) is 2.59. The van der Waals surface area contributed by atoms with Gasteiger partial charge in [0.1, 0.15) is 0 Å². The molecule has 0 aromatic heterocycles. The zero-order chi connectivity index (χ0) is 17.4. The first kappa shape index (κ1) is 19.2. The highest BCUT2D eigenvalue weighted by molar-refractivity contribution is 9.10. The fraction of sp³-hybridized carbons (Fsp3) is 0.611. The van der Waals surface area contributed by atoms with Crippen LogP contribution in [0.5, 0.6) is 0 Å². The maximum atomic E-state index is 5.42. The molecule has 0 saturated carbocycles. The molecule has 0 bridgehead atoms.